The molecule has 1 aromatic rings. The van der Waals surface area contributed by atoms with Gasteiger partial charge >= 0.3 is 0 Å². The van der Waals surface area contributed by atoms with Crippen molar-refractivity contribution < 1.29 is 15.0 Å². The summed E-state index contributed by atoms with van der Waals surface area (Å²) in [6.07, 6.45) is 5.74. The molecule has 2 heterocycles. The number of phenols is 1. The molecule has 4 atom stereocenters. The average Bonchev–Trinajstić information content (AvgIpc) is 3.11. The van der Waals surface area contributed by atoms with Crippen molar-refractivity contribution in [3.05, 3.63) is 29.3 Å². The molecule has 2 N–H and O–H groups in total. The Morgan fingerprint density at radius 2 is 2.14 bits per heavy atom. The first kappa shape index (κ1) is 14.1. The number of carbonyl (C=O) groups is 1. The minimum Gasteiger partial charge on any atom is -0.508 e. The number of nitrogens with zero attached hydrogens (tertiary/aromatic N) is 1. The highest BCUT2D eigenvalue weighted by molar-refractivity contribution is 5.86. The highest BCUT2D eigenvalue weighted by atomic mass is 16.3. The zero-order valence-corrected chi connectivity index (χ0v) is 12.7. The van der Waals surface area contributed by atoms with E-state index < -0.39 is 0 Å². The molecule has 118 valence electrons. The first-order chi connectivity index (χ1) is 10.7. The Hall–Kier alpha value is -1.55. The van der Waals surface area contributed by atoms with Crippen molar-refractivity contribution in [1.82, 2.24) is 4.90 Å². The molecule has 2 saturated heterocycles. The molecular weight excluding hydrogens is 278 g/mol. The molecule has 0 radical (unpaired) electrons. The lowest BCUT2D eigenvalue weighted by Gasteiger charge is -2.32. The van der Waals surface area contributed by atoms with Gasteiger partial charge in [0, 0.05) is 24.6 Å². The van der Waals surface area contributed by atoms with Crippen LogP contribution in [0.1, 0.15) is 49.1 Å². The van der Waals surface area contributed by atoms with E-state index in [9.17, 15) is 15.0 Å². The van der Waals surface area contributed by atoms with Crippen molar-refractivity contribution in [3.63, 3.8) is 0 Å². The van der Waals surface area contributed by atoms with E-state index >= 15 is 0 Å². The zero-order valence-electron chi connectivity index (χ0n) is 12.7. The zero-order chi connectivity index (χ0) is 15.3. The predicted molar refractivity (Wildman–Crippen MR) is 82.6 cm³/mol. The van der Waals surface area contributed by atoms with Crippen LogP contribution in [0.25, 0.3) is 0 Å². The summed E-state index contributed by atoms with van der Waals surface area (Å²) in [6.45, 7) is 0.187. The molecule has 2 aliphatic heterocycles. The molecule has 2 fully saturated rings. The molecule has 2 bridgehead atoms. The molecule has 0 aromatic heterocycles. The lowest BCUT2D eigenvalue weighted by Crippen LogP contribution is -2.41. The Morgan fingerprint density at radius 1 is 1.27 bits per heavy atom. The van der Waals surface area contributed by atoms with Crippen LogP contribution >= 0.6 is 0 Å². The third kappa shape index (κ3) is 1.97. The molecule has 1 amide bonds. The van der Waals surface area contributed by atoms with Crippen LogP contribution in [0.5, 0.6) is 5.75 Å². The summed E-state index contributed by atoms with van der Waals surface area (Å²) in [7, 11) is 0. The van der Waals surface area contributed by atoms with Gasteiger partial charge in [0.15, 0.2) is 0 Å². The smallest absolute Gasteiger partial charge is 0.230 e. The van der Waals surface area contributed by atoms with Gasteiger partial charge < -0.3 is 15.1 Å². The summed E-state index contributed by atoms with van der Waals surface area (Å²) in [5, 5.41) is 19.6. The van der Waals surface area contributed by atoms with E-state index in [4.69, 9.17) is 0 Å². The van der Waals surface area contributed by atoms with Crippen molar-refractivity contribution in [3.8, 4) is 5.75 Å². The van der Waals surface area contributed by atoms with Gasteiger partial charge in [-0.15, -0.1) is 0 Å². The third-order valence-corrected chi connectivity index (χ3v) is 5.93. The number of carbonyl (C=O) groups excluding carboxylic acids is 1. The number of rotatable bonds is 2. The molecule has 22 heavy (non-hydrogen) atoms. The molecule has 4 unspecified atom stereocenters. The fourth-order valence-electron chi connectivity index (χ4n) is 4.92. The quantitative estimate of drug-likeness (QED) is 0.880. The van der Waals surface area contributed by atoms with Crippen molar-refractivity contribution in [1.29, 1.82) is 0 Å². The van der Waals surface area contributed by atoms with Gasteiger partial charge in [0.25, 0.3) is 0 Å². The van der Waals surface area contributed by atoms with Crippen LogP contribution in [-0.4, -0.2) is 39.7 Å². The van der Waals surface area contributed by atoms with Crippen molar-refractivity contribution in [2.75, 3.05) is 6.61 Å². The van der Waals surface area contributed by atoms with Crippen LogP contribution in [-0.2, 0) is 11.2 Å². The molecule has 1 aromatic carbocycles. The maximum atomic E-state index is 13.2. The summed E-state index contributed by atoms with van der Waals surface area (Å²) < 4.78 is 0. The Balaban J connectivity index is 1.64. The van der Waals surface area contributed by atoms with Crippen molar-refractivity contribution in [2.45, 2.75) is 56.5 Å². The number of aliphatic hydroxyl groups excluding tert-OH is 1. The molecule has 1 aliphatic carbocycles. The third-order valence-electron chi connectivity index (χ3n) is 5.93. The van der Waals surface area contributed by atoms with Crippen LogP contribution in [0.3, 0.4) is 0 Å². The standard InChI is InChI=1S/C18H23NO3/c20-10-11-9-12-7-8-16(11)19(12)18(22)15-5-1-4-14-13(15)3-2-6-17(14)21/h2-3,6,11-12,15-16,20-21H,1,4-5,7-10H2. The van der Waals surface area contributed by atoms with Gasteiger partial charge in [-0.3, -0.25) is 4.79 Å². The van der Waals surface area contributed by atoms with Gasteiger partial charge in [-0.1, -0.05) is 12.1 Å². The minimum atomic E-state index is -0.114. The van der Waals surface area contributed by atoms with Crippen LogP contribution in [0.15, 0.2) is 18.2 Å². The number of hydrogen-bond acceptors (Lipinski definition) is 3. The number of fused-ring (bicyclic) bond motifs is 3. The van der Waals surface area contributed by atoms with Gasteiger partial charge in [-0.2, -0.15) is 0 Å². The predicted octanol–water partition coefficient (Wildman–Crippen LogP) is 2.18. The maximum Gasteiger partial charge on any atom is 0.230 e. The molecule has 4 nitrogen and oxygen atoms in total. The summed E-state index contributed by atoms with van der Waals surface area (Å²) >= 11 is 0. The number of benzene rings is 1. The lowest BCUT2D eigenvalue weighted by molar-refractivity contribution is -0.134. The molecule has 0 saturated carbocycles. The fourth-order valence-corrected chi connectivity index (χ4v) is 4.92. The molecular formula is C18H23NO3. The van der Waals surface area contributed by atoms with Gasteiger partial charge in [0.2, 0.25) is 5.91 Å². The van der Waals surface area contributed by atoms with Crippen molar-refractivity contribution in [2.24, 2.45) is 5.92 Å². The first-order valence-electron chi connectivity index (χ1n) is 8.44. The lowest BCUT2D eigenvalue weighted by atomic mass is 9.81. The fraction of sp³-hybridized carbons (Fsp3) is 0.611. The number of hydrogen-bond donors (Lipinski definition) is 2. The number of amides is 1. The highest BCUT2D eigenvalue weighted by Gasteiger charge is 2.49. The second-order valence-corrected chi connectivity index (χ2v) is 7.01. The molecule has 4 rings (SSSR count). The Kier molecular flexibility index (Phi) is 3.37. The monoisotopic (exact) mass is 301 g/mol. The van der Waals surface area contributed by atoms with Gasteiger partial charge in [0.1, 0.15) is 5.75 Å². The van der Waals surface area contributed by atoms with E-state index in [0.29, 0.717) is 11.8 Å². The van der Waals surface area contributed by atoms with E-state index in [0.717, 1.165) is 49.7 Å². The molecule has 4 heteroatoms. The second-order valence-electron chi connectivity index (χ2n) is 7.01. The van der Waals surface area contributed by atoms with E-state index in [1.54, 1.807) is 6.07 Å². The molecule has 3 aliphatic rings. The highest BCUT2D eigenvalue weighted by Crippen LogP contribution is 2.45. The van der Waals surface area contributed by atoms with Crippen LogP contribution in [0.4, 0.5) is 0 Å². The van der Waals surface area contributed by atoms with Crippen molar-refractivity contribution >= 4 is 5.91 Å². The summed E-state index contributed by atoms with van der Waals surface area (Å²) in [5.41, 5.74) is 1.97. The van der Waals surface area contributed by atoms with Gasteiger partial charge in [-0.05, 0) is 55.7 Å². The number of aromatic hydroxyl groups is 1. The van der Waals surface area contributed by atoms with E-state index in [1.165, 1.54) is 0 Å². The van der Waals surface area contributed by atoms with E-state index in [-0.39, 0.29) is 30.4 Å². The SMILES string of the molecule is O=C(C1CCCc2c(O)cccc21)N1C2CCC1C(CO)C2. The average molecular weight is 301 g/mol. The number of aliphatic hydroxyl groups is 1. The first-order valence-corrected chi connectivity index (χ1v) is 8.44. The van der Waals surface area contributed by atoms with Crippen LogP contribution in [0, 0.1) is 5.92 Å². The van der Waals surface area contributed by atoms with Gasteiger partial charge in [0.05, 0.1) is 5.92 Å². The summed E-state index contributed by atoms with van der Waals surface area (Å²) in [4.78, 5) is 15.2. The normalized spacial score (nSPS) is 33.0. The van der Waals surface area contributed by atoms with Gasteiger partial charge in [-0.25, -0.2) is 0 Å². The molecule has 0 spiro atoms. The Labute approximate surface area is 130 Å². The minimum absolute atomic E-state index is 0.114. The Bertz CT molecular complexity index is 600. The second kappa shape index (κ2) is 5.27. The summed E-state index contributed by atoms with van der Waals surface area (Å²) in [6, 6.07) is 6.10. The van der Waals surface area contributed by atoms with E-state index in [2.05, 4.69) is 4.90 Å². The van der Waals surface area contributed by atoms with Crippen LogP contribution in [0.2, 0.25) is 0 Å². The topological polar surface area (TPSA) is 60.8 Å². The maximum absolute atomic E-state index is 13.2. The Morgan fingerprint density at radius 3 is 2.91 bits per heavy atom. The summed E-state index contributed by atoms with van der Waals surface area (Å²) in [5.74, 6) is 0.689. The number of phenolic OH excluding ortho intramolecular Hbond substituents is 1. The largest absolute Gasteiger partial charge is 0.508 e. The van der Waals surface area contributed by atoms with Crippen LogP contribution < -0.4 is 0 Å². The van der Waals surface area contributed by atoms with E-state index in [1.807, 2.05) is 12.1 Å².